The minimum atomic E-state index is 0.104. The minimum absolute atomic E-state index is 0.104. The third-order valence-electron chi connectivity index (χ3n) is 3.13. The van der Waals surface area contributed by atoms with Crippen LogP contribution in [0.5, 0.6) is 0 Å². The van der Waals surface area contributed by atoms with E-state index in [9.17, 15) is 0 Å². The van der Waals surface area contributed by atoms with Gasteiger partial charge in [0, 0.05) is 30.7 Å². The quantitative estimate of drug-likeness (QED) is 0.917. The Balaban J connectivity index is 2.15. The maximum Gasteiger partial charge on any atom is 0.0954 e. The van der Waals surface area contributed by atoms with Crippen molar-refractivity contribution in [3.8, 4) is 0 Å². The summed E-state index contributed by atoms with van der Waals surface area (Å²) in [6, 6.07) is 4.31. The molecule has 102 valence electrons. The molecule has 0 aliphatic heterocycles. The first-order chi connectivity index (χ1) is 8.97. The molecule has 4 nitrogen and oxygen atoms in total. The highest BCUT2D eigenvalue weighted by molar-refractivity contribution is 5.16. The van der Waals surface area contributed by atoms with Crippen LogP contribution in [0.15, 0.2) is 37.1 Å². The summed E-state index contributed by atoms with van der Waals surface area (Å²) in [5.41, 5.74) is 2.48. The average Bonchev–Trinajstić information content (AvgIpc) is 2.84. The summed E-state index contributed by atoms with van der Waals surface area (Å²) in [4.78, 5) is 8.45. The lowest BCUT2D eigenvalue weighted by Gasteiger charge is -2.22. The molecule has 19 heavy (non-hydrogen) atoms. The standard InChI is InChI=1S/C15H22N4/c1-12(13-6-5-7-16-8-13)19-11-17-9-14(19)10-18-15(2,3)4/h5-9,11-12,18H,10H2,1-4H3. The van der Waals surface area contributed by atoms with E-state index in [1.807, 2.05) is 24.8 Å². The van der Waals surface area contributed by atoms with E-state index in [4.69, 9.17) is 0 Å². The van der Waals surface area contributed by atoms with E-state index in [1.54, 1.807) is 6.20 Å². The van der Waals surface area contributed by atoms with E-state index in [0.29, 0.717) is 0 Å². The SMILES string of the molecule is CC(c1cccnc1)n1cncc1CNC(C)(C)C. The maximum atomic E-state index is 4.27. The largest absolute Gasteiger partial charge is 0.326 e. The number of rotatable bonds is 4. The summed E-state index contributed by atoms with van der Waals surface area (Å²) in [6.07, 6.45) is 7.51. The molecule has 1 atom stereocenters. The van der Waals surface area contributed by atoms with Gasteiger partial charge in [0.1, 0.15) is 0 Å². The van der Waals surface area contributed by atoms with E-state index < -0.39 is 0 Å². The van der Waals surface area contributed by atoms with Gasteiger partial charge in [-0.2, -0.15) is 0 Å². The van der Waals surface area contributed by atoms with Crippen LogP contribution >= 0.6 is 0 Å². The van der Waals surface area contributed by atoms with E-state index >= 15 is 0 Å². The first kappa shape index (κ1) is 13.7. The molecule has 2 aromatic heterocycles. The smallest absolute Gasteiger partial charge is 0.0954 e. The van der Waals surface area contributed by atoms with Crippen LogP contribution in [-0.2, 0) is 6.54 Å². The van der Waals surface area contributed by atoms with Gasteiger partial charge in [-0.3, -0.25) is 4.98 Å². The molecule has 2 heterocycles. The Hall–Kier alpha value is -1.68. The van der Waals surface area contributed by atoms with Crippen molar-refractivity contribution in [3.63, 3.8) is 0 Å². The first-order valence-electron chi connectivity index (χ1n) is 6.63. The molecule has 1 unspecified atom stereocenters. The zero-order valence-corrected chi connectivity index (χ0v) is 12.1. The van der Waals surface area contributed by atoms with Gasteiger partial charge in [-0.1, -0.05) is 6.07 Å². The minimum Gasteiger partial charge on any atom is -0.326 e. The van der Waals surface area contributed by atoms with Crippen LogP contribution in [0.25, 0.3) is 0 Å². The van der Waals surface area contributed by atoms with Crippen molar-refractivity contribution < 1.29 is 0 Å². The van der Waals surface area contributed by atoms with Crippen molar-refractivity contribution in [3.05, 3.63) is 48.3 Å². The van der Waals surface area contributed by atoms with Crippen LogP contribution in [0.3, 0.4) is 0 Å². The molecule has 0 spiro atoms. The average molecular weight is 258 g/mol. The fraction of sp³-hybridized carbons (Fsp3) is 0.467. The summed E-state index contributed by atoms with van der Waals surface area (Å²) >= 11 is 0. The number of hydrogen-bond acceptors (Lipinski definition) is 3. The predicted octanol–water partition coefficient (Wildman–Crippen LogP) is 2.78. The third-order valence-corrected chi connectivity index (χ3v) is 3.13. The second-order valence-corrected chi connectivity index (χ2v) is 5.86. The molecule has 4 heteroatoms. The summed E-state index contributed by atoms with van der Waals surface area (Å²) in [6.45, 7) is 9.47. The Morgan fingerprint density at radius 1 is 1.26 bits per heavy atom. The predicted molar refractivity (Wildman–Crippen MR) is 76.9 cm³/mol. The third kappa shape index (κ3) is 3.64. The lowest BCUT2D eigenvalue weighted by atomic mass is 10.1. The molecule has 0 fully saturated rings. The monoisotopic (exact) mass is 258 g/mol. The van der Waals surface area contributed by atoms with Gasteiger partial charge in [0.15, 0.2) is 0 Å². The molecule has 0 saturated carbocycles. The topological polar surface area (TPSA) is 42.7 Å². The fourth-order valence-corrected chi connectivity index (χ4v) is 1.96. The van der Waals surface area contributed by atoms with Crippen molar-refractivity contribution in [2.75, 3.05) is 0 Å². The molecule has 0 aliphatic rings. The van der Waals surface area contributed by atoms with Gasteiger partial charge in [0.25, 0.3) is 0 Å². The first-order valence-corrected chi connectivity index (χ1v) is 6.63. The number of pyridine rings is 1. The van der Waals surface area contributed by atoms with Gasteiger partial charge in [0.05, 0.1) is 18.1 Å². The Bertz CT molecular complexity index is 510. The highest BCUT2D eigenvalue weighted by Gasteiger charge is 2.14. The van der Waals surface area contributed by atoms with Crippen molar-refractivity contribution in [1.82, 2.24) is 19.9 Å². The summed E-state index contributed by atoms with van der Waals surface area (Å²) in [5.74, 6) is 0. The van der Waals surface area contributed by atoms with Crippen LogP contribution in [0.2, 0.25) is 0 Å². The normalized spacial score (nSPS) is 13.5. The number of imidazole rings is 1. The molecule has 0 amide bonds. The molecule has 0 aromatic carbocycles. The second kappa shape index (κ2) is 5.53. The van der Waals surface area contributed by atoms with Gasteiger partial charge in [-0.25, -0.2) is 4.98 Å². The Morgan fingerprint density at radius 2 is 2.05 bits per heavy atom. The fourth-order valence-electron chi connectivity index (χ4n) is 1.96. The Kier molecular flexibility index (Phi) is 4.00. The van der Waals surface area contributed by atoms with Crippen molar-refractivity contribution >= 4 is 0 Å². The van der Waals surface area contributed by atoms with Crippen LogP contribution in [0.1, 0.15) is 45.0 Å². The lowest BCUT2D eigenvalue weighted by molar-refractivity contribution is 0.413. The molecular weight excluding hydrogens is 236 g/mol. The maximum absolute atomic E-state index is 4.27. The van der Waals surface area contributed by atoms with E-state index in [2.05, 4.69) is 53.6 Å². The second-order valence-electron chi connectivity index (χ2n) is 5.86. The van der Waals surface area contributed by atoms with Crippen LogP contribution in [-0.4, -0.2) is 20.1 Å². The lowest BCUT2D eigenvalue weighted by Crippen LogP contribution is -2.35. The zero-order valence-electron chi connectivity index (χ0n) is 12.1. The molecular formula is C15H22N4. The molecule has 2 aromatic rings. The van der Waals surface area contributed by atoms with Crippen molar-refractivity contribution in [1.29, 1.82) is 0 Å². The Morgan fingerprint density at radius 3 is 2.68 bits per heavy atom. The van der Waals surface area contributed by atoms with Crippen LogP contribution in [0.4, 0.5) is 0 Å². The highest BCUT2D eigenvalue weighted by atomic mass is 15.1. The van der Waals surface area contributed by atoms with Crippen LogP contribution < -0.4 is 5.32 Å². The number of nitrogens with zero attached hydrogens (tertiary/aromatic N) is 3. The van der Waals surface area contributed by atoms with Crippen LogP contribution in [0, 0.1) is 0 Å². The molecule has 0 saturated heterocycles. The summed E-state index contributed by atoms with van der Waals surface area (Å²) < 4.78 is 2.19. The van der Waals surface area contributed by atoms with Crippen molar-refractivity contribution in [2.45, 2.75) is 45.8 Å². The molecule has 2 rings (SSSR count). The molecule has 1 N–H and O–H groups in total. The number of nitrogens with one attached hydrogen (secondary N) is 1. The van der Waals surface area contributed by atoms with Gasteiger partial charge in [-0.05, 0) is 39.3 Å². The molecule has 0 bridgehead atoms. The van der Waals surface area contributed by atoms with Crippen molar-refractivity contribution in [2.24, 2.45) is 0 Å². The summed E-state index contributed by atoms with van der Waals surface area (Å²) in [5, 5.41) is 3.49. The van der Waals surface area contributed by atoms with Gasteiger partial charge < -0.3 is 9.88 Å². The van der Waals surface area contributed by atoms with Gasteiger partial charge in [-0.15, -0.1) is 0 Å². The molecule has 0 radical (unpaired) electrons. The summed E-state index contributed by atoms with van der Waals surface area (Å²) in [7, 11) is 0. The van der Waals surface area contributed by atoms with Gasteiger partial charge in [0.2, 0.25) is 0 Å². The zero-order chi connectivity index (χ0) is 13.9. The Labute approximate surface area is 114 Å². The van der Waals surface area contributed by atoms with Gasteiger partial charge >= 0.3 is 0 Å². The molecule has 0 aliphatic carbocycles. The van der Waals surface area contributed by atoms with E-state index in [1.165, 1.54) is 11.3 Å². The number of aromatic nitrogens is 3. The van der Waals surface area contributed by atoms with E-state index in [0.717, 1.165) is 6.54 Å². The van der Waals surface area contributed by atoms with E-state index in [-0.39, 0.29) is 11.6 Å². The highest BCUT2D eigenvalue weighted by Crippen LogP contribution is 2.18. The number of hydrogen-bond donors (Lipinski definition) is 1.